The van der Waals surface area contributed by atoms with Crippen molar-refractivity contribution in [3.63, 3.8) is 0 Å². The van der Waals surface area contributed by atoms with Crippen molar-refractivity contribution in [3.8, 4) is 5.75 Å². The monoisotopic (exact) mass is 301 g/mol. The molecule has 0 aromatic heterocycles. The number of hydrogen-bond acceptors (Lipinski definition) is 2. The summed E-state index contributed by atoms with van der Waals surface area (Å²) in [7, 11) is 0. The molecule has 0 saturated carbocycles. The summed E-state index contributed by atoms with van der Waals surface area (Å²) in [5.41, 5.74) is 9.63. The van der Waals surface area contributed by atoms with Gasteiger partial charge in [0.2, 0.25) is 0 Å². The molecular weight excluding hydrogens is 282 g/mol. The SMILES string of the molecule is NCc1cc(Cl)ccc1OCC1CCCc2ccccc21. The van der Waals surface area contributed by atoms with Crippen LogP contribution >= 0.6 is 11.6 Å². The molecule has 0 heterocycles. The molecule has 0 bridgehead atoms. The van der Waals surface area contributed by atoms with E-state index in [1.165, 1.54) is 30.4 Å². The lowest BCUT2D eigenvalue weighted by Crippen LogP contribution is -2.17. The number of aryl methyl sites for hydroxylation is 1. The predicted octanol–water partition coefficient (Wildman–Crippen LogP) is 4.30. The second-order valence-electron chi connectivity index (χ2n) is 5.56. The maximum absolute atomic E-state index is 6.04. The predicted molar refractivity (Wildman–Crippen MR) is 87.0 cm³/mol. The second kappa shape index (κ2) is 6.50. The summed E-state index contributed by atoms with van der Waals surface area (Å²) in [5.74, 6) is 1.32. The number of nitrogens with two attached hydrogens (primary N) is 1. The van der Waals surface area contributed by atoms with Gasteiger partial charge in [-0.25, -0.2) is 0 Å². The van der Waals surface area contributed by atoms with Crippen molar-refractivity contribution in [2.24, 2.45) is 5.73 Å². The first kappa shape index (κ1) is 14.4. The van der Waals surface area contributed by atoms with Gasteiger partial charge in [0.05, 0.1) is 6.61 Å². The summed E-state index contributed by atoms with van der Waals surface area (Å²) < 4.78 is 6.04. The second-order valence-corrected chi connectivity index (χ2v) is 5.99. The molecule has 110 valence electrons. The summed E-state index contributed by atoms with van der Waals surface area (Å²) in [4.78, 5) is 0. The van der Waals surface area contributed by atoms with Crippen LogP contribution in [0.4, 0.5) is 0 Å². The van der Waals surface area contributed by atoms with Crippen LogP contribution in [0.2, 0.25) is 5.02 Å². The van der Waals surface area contributed by atoms with Crippen molar-refractivity contribution in [3.05, 3.63) is 64.2 Å². The Morgan fingerprint density at radius 3 is 2.90 bits per heavy atom. The van der Waals surface area contributed by atoms with Gasteiger partial charge in [0.15, 0.2) is 0 Å². The van der Waals surface area contributed by atoms with Crippen molar-refractivity contribution in [2.75, 3.05) is 6.61 Å². The molecule has 2 N–H and O–H groups in total. The minimum atomic E-state index is 0.442. The van der Waals surface area contributed by atoms with Crippen molar-refractivity contribution >= 4 is 11.6 Å². The summed E-state index contributed by atoms with van der Waals surface area (Å²) in [5, 5.41) is 0.700. The van der Waals surface area contributed by atoms with E-state index in [0.717, 1.165) is 11.3 Å². The molecule has 0 aliphatic heterocycles. The van der Waals surface area contributed by atoms with Crippen molar-refractivity contribution < 1.29 is 4.74 Å². The Kier molecular flexibility index (Phi) is 4.47. The van der Waals surface area contributed by atoms with Gasteiger partial charge in [0, 0.05) is 23.0 Å². The lowest BCUT2D eigenvalue weighted by atomic mass is 9.83. The van der Waals surface area contributed by atoms with E-state index in [1.807, 2.05) is 18.2 Å². The van der Waals surface area contributed by atoms with E-state index >= 15 is 0 Å². The normalized spacial score (nSPS) is 17.3. The van der Waals surface area contributed by atoms with E-state index in [9.17, 15) is 0 Å². The Balaban J connectivity index is 1.74. The molecule has 1 unspecified atom stereocenters. The summed E-state index contributed by atoms with van der Waals surface area (Å²) in [6.45, 7) is 1.14. The highest BCUT2D eigenvalue weighted by Gasteiger charge is 2.20. The molecule has 0 saturated heterocycles. The largest absolute Gasteiger partial charge is 0.493 e. The van der Waals surface area contributed by atoms with E-state index < -0.39 is 0 Å². The molecule has 2 aromatic rings. The van der Waals surface area contributed by atoms with Gasteiger partial charge in [0.25, 0.3) is 0 Å². The highest BCUT2D eigenvalue weighted by Crippen LogP contribution is 2.32. The van der Waals surface area contributed by atoms with Crippen molar-refractivity contribution in [1.82, 2.24) is 0 Å². The van der Waals surface area contributed by atoms with Crippen LogP contribution in [0.5, 0.6) is 5.75 Å². The van der Waals surface area contributed by atoms with Crippen LogP contribution in [-0.4, -0.2) is 6.61 Å². The van der Waals surface area contributed by atoms with E-state index in [2.05, 4.69) is 24.3 Å². The molecule has 2 aromatic carbocycles. The van der Waals surface area contributed by atoms with Crippen molar-refractivity contribution in [1.29, 1.82) is 0 Å². The van der Waals surface area contributed by atoms with Gasteiger partial charge >= 0.3 is 0 Å². The smallest absolute Gasteiger partial charge is 0.123 e. The molecule has 1 atom stereocenters. The Morgan fingerprint density at radius 1 is 1.19 bits per heavy atom. The average molecular weight is 302 g/mol. The highest BCUT2D eigenvalue weighted by atomic mass is 35.5. The fourth-order valence-corrected chi connectivity index (χ4v) is 3.26. The molecule has 21 heavy (non-hydrogen) atoms. The number of fused-ring (bicyclic) bond motifs is 1. The zero-order valence-electron chi connectivity index (χ0n) is 12.0. The van der Waals surface area contributed by atoms with Crippen LogP contribution in [0.15, 0.2) is 42.5 Å². The van der Waals surface area contributed by atoms with Crippen LogP contribution in [0.3, 0.4) is 0 Å². The van der Waals surface area contributed by atoms with Gasteiger partial charge in [-0.3, -0.25) is 0 Å². The first-order chi connectivity index (χ1) is 10.3. The van der Waals surface area contributed by atoms with Crippen molar-refractivity contribution in [2.45, 2.75) is 31.7 Å². The summed E-state index contributed by atoms with van der Waals surface area (Å²) in [6, 6.07) is 14.3. The highest BCUT2D eigenvalue weighted by molar-refractivity contribution is 6.30. The molecule has 1 aliphatic carbocycles. The zero-order valence-corrected chi connectivity index (χ0v) is 12.8. The number of hydrogen-bond donors (Lipinski definition) is 1. The van der Waals surface area contributed by atoms with Gasteiger partial charge in [-0.05, 0) is 48.6 Å². The molecule has 2 nitrogen and oxygen atoms in total. The molecule has 0 fully saturated rings. The minimum absolute atomic E-state index is 0.442. The average Bonchev–Trinajstić information content (AvgIpc) is 2.53. The summed E-state index contributed by atoms with van der Waals surface area (Å²) >= 11 is 6.00. The maximum atomic E-state index is 6.04. The molecule has 1 aliphatic rings. The molecule has 0 spiro atoms. The standard InChI is InChI=1S/C18H20ClNO/c19-16-8-9-18(15(10-16)11-20)21-12-14-6-3-5-13-4-1-2-7-17(13)14/h1-2,4,7-10,14H,3,5-6,11-12,20H2. The third-order valence-electron chi connectivity index (χ3n) is 4.18. The first-order valence-electron chi connectivity index (χ1n) is 7.47. The van der Waals surface area contributed by atoms with Gasteiger partial charge < -0.3 is 10.5 Å². The van der Waals surface area contributed by atoms with Crippen LogP contribution in [-0.2, 0) is 13.0 Å². The molecule has 0 amide bonds. The molecule has 0 radical (unpaired) electrons. The van der Waals surface area contributed by atoms with Crippen LogP contribution < -0.4 is 10.5 Å². The number of benzene rings is 2. The number of rotatable bonds is 4. The van der Waals surface area contributed by atoms with E-state index in [1.54, 1.807) is 0 Å². The fourth-order valence-electron chi connectivity index (χ4n) is 3.07. The number of halogens is 1. The summed E-state index contributed by atoms with van der Waals surface area (Å²) in [6.07, 6.45) is 3.60. The first-order valence-corrected chi connectivity index (χ1v) is 7.85. The van der Waals surface area contributed by atoms with Crippen LogP contribution in [0, 0.1) is 0 Å². The van der Waals surface area contributed by atoms with Crippen LogP contribution in [0.25, 0.3) is 0 Å². The third kappa shape index (κ3) is 3.22. The van der Waals surface area contributed by atoms with Gasteiger partial charge in [-0.15, -0.1) is 0 Å². The number of ether oxygens (including phenoxy) is 1. The quantitative estimate of drug-likeness (QED) is 0.914. The fraction of sp³-hybridized carbons (Fsp3) is 0.333. The van der Waals surface area contributed by atoms with Gasteiger partial charge in [0.1, 0.15) is 5.75 Å². The van der Waals surface area contributed by atoms with E-state index in [4.69, 9.17) is 22.1 Å². The topological polar surface area (TPSA) is 35.2 Å². The third-order valence-corrected chi connectivity index (χ3v) is 4.41. The zero-order chi connectivity index (χ0) is 14.7. The van der Waals surface area contributed by atoms with Gasteiger partial charge in [-0.2, -0.15) is 0 Å². The van der Waals surface area contributed by atoms with Gasteiger partial charge in [-0.1, -0.05) is 35.9 Å². The van der Waals surface area contributed by atoms with E-state index in [-0.39, 0.29) is 0 Å². The Bertz CT molecular complexity index is 626. The molecular formula is C18H20ClNO. The Hall–Kier alpha value is -1.51. The van der Waals surface area contributed by atoms with Crippen LogP contribution in [0.1, 0.15) is 35.4 Å². The molecule has 3 rings (SSSR count). The lowest BCUT2D eigenvalue weighted by molar-refractivity contribution is 0.272. The minimum Gasteiger partial charge on any atom is -0.493 e. The molecule has 3 heteroatoms. The van der Waals surface area contributed by atoms with E-state index in [0.29, 0.717) is 24.1 Å². The lowest BCUT2D eigenvalue weighted by Gasteiger charge is -2.26. The Labute approximate surface area is 130 Å². The Morgan fingerprint density at radius 2 is 2.05 bits per heavy atom. The maximum Gasteiger partial charge on any atom is 0.123 e.